The van der Waals surface area contributed by atoms with Gasteiger partial charge in [0.05, 0.1) is 4.90 Å². The number of rotatable bonds is 7. The molecule has 5 nitrogen and oxygen atoms in total. The van der Waals surface area contributed by atoms with Crippen LogP contribution in [0.2, 0.25) is 0 Å². The zero-order valence-electron chi connectivity index (χ0n) is 17.2. The summed E-state index contributed by atoms with van der Waals surface area (Å²) in [5, 5.41) is 2.97. The first-order chi connectivity index (χ1) is 13.9. The third-order valence-electron chi connectivity index (χ3n) is 5.54. The van der Waals surface area contributed by atoms with Crippen molar-refractivity contribution in [2.75, 3.05) is 13.1 Å². The Balaban J connectivity index is 1.52. The molecule has 1 fully saturated rings. The monoisotopic (exact) mass is 414 g/mol. The van der Waals surface area contributed by atoms with Crippen molar-refractivity contribution >= 4 is 15.9 Å². The fraction of sp³-hybridized carbons (Fsp3) is 0.435. The van der Waals surface area contributed by atoms with Gasteiger partial charge in [-0.3, -0.25) is 4.79 Å². The van der Waals surface area contributed by atoms with Gasteiger partial charge in [-0.2, -0.15) is 4.31 Å². The molecule has 1 unspecified atom stereocenters. The van der Waals surface area contributed by atoms with E-state index in [-0.39, 0.29) is 11.8 Å². The predicted octanol–water partition coefficient (Wildman–Crippen LogP) is 3.80. The molecule has 2 aromatic rings. The van der Waals surface area contributed by atoms with Gasteiger partial charge < -0.3 is 5.32 Å². The van der Waals surface area contributed by atoms with Crippen LogP contribution in [0.4, 0.5) is 0 Å². The molecular formula is C23H30N2O3S. The molecule has 0 bridgehead atoms. The van der Waals surface area contributed by atoms with E-state index in [4.69, 9.17) is 0 Å². The smallest absolute Gasteiger partial charge is 0.243 e. The number of amides is 1. The van der Waals surface area contributed by atoms with Crippen molar-refractivity contribution in [3.8, 4) is 0 Å². The van der Waals surface area contributed by atoms with E-state index in [1.807, 2.05) is 44.2 Å². The molecule has 0 aliphatic carbocycles. The second-order valence-corrected chi connectivity index (χ2v) is 9.85. The lowest BCUT2D eigenvalue weighted by molar-refractivity contribution is -0.121. The summed E-state index contributed by atoms with van der Waals surface area (Å²) >= 11 is 0. The van der Waals surface area contributed by atoms with Crippen LogP contribution in [0.25, 0.3) is 0 Å². The molecule has 1 aliphatic heterocycles. The highest BCUT2D eigenvalue weighted by Gasteiger charge is 2.31. The van der Waals surface area contributed by atoms with E-state index in [1.165, 1.54) is 5.56 Å². The second-order valence-electron chi connectivity index (χ2n) is 7.94. The number of nitrogens with one attached hydrogen (secondary N) is 1. The molecular weight excluding hydrogens is 384 g/mol. The lowest BCUT2D eigenvalue weighted by Gasteiger charge is -2.32. The average Bonchev–Trinajstić information content (AvgIpc) is 2.71. The lowest BCUT2D eigenvalue weighted by Crippen LogP contribution is -2.40. The molecule has 3 rings (SSSR count). The maximum atomic E-state index is 13.0. The van der Waals surface area contributed by atoms with Crippen LogP contribution < -0.4 is 5.32 Å². The minimum Gasteiger partial charge on any atom is -0.352 e. The number of carbonyl (C=O) groups is 1. The van der Waals surface area contributed by atoms with Crippen molar-refractivity contribution in [3.63, 3.8) is 0 Å². The van der Waals surface area contributed by atoms with Crippen LogP contribution in [0.15, 0.2) is 53.4 Å². The predicted molar refractivity (Wildman–Crippen MR) is 115 cm³/mol. The molecule has 29 heavy (non-hydrogen) atoms. The van der Waals surface area contributed by atoms with Crippen LogP contribution in [0.1, 0.15) is 42.4 Å². The highest BCUT2D eigenvalue weighted by atomic mass is 32.2. The molecule has 0 spiro atoms. The van der Waals surface area contributed by atoms with Gasteiger partial charge in [-0.1, -0.05) is 48.0 Å². The average molecular weight is 415 g/mol. The zero-order valence-corrected chi connectivity index (χ0v) is 18.0. The third kappa shape index (κ3) is 5.67. The van der Waals surface area contributed by atoms with Gasteiger partial charge in [0.25, 0.3) is 0 Å². The summed E-state index contributed by atoms with van der Waals surface area (Å²) < 4.78 is 27.6. The number of aryl methyl sites for hydroxylation is 2. The molecule has 2 aromatic carbocycles. The zero-order chi connectivity index (χ0) is 20.9. The molecule has 1 amide bonds. The summed E-state index contributed by atoms with van der Waals surface area (Å²) in [7, 11) is -3.48. The Morgan fingerprint density at radius 1 is 1.14 bits per heavy atom. The molecule has 1 atom stereocenters. The van der Waals surface area contributed by atoms with E-state index >= 15 is 0 Å². The Morgan fingerprint density at radius 3 is 2.69 bits per heavy atom. The number of piperidine rings is 1. The first kappa shape index (κ1) is 21.5. The van der Waals surface area contributed by atoms with Gasteiger partial charge in [-0.15, -0.1) is 0 Å². The minimum atomic E-state index is -3.48. The van der Waals surface area contributed by atoms with Gasteiger partial charge in [0, 0.05) is 26.1 Å². The second kappa shape index (κ2) is 9.55. The standard InChI is InChI=1S/C23H30N2O3S/c1-18-7-5-9-21(15-18)16-24-23(26)13-12-20-10-6-14-25(17-20)29(27,28)22-11-4-3-8-19(22)2/h3-5,7-9,11,15,20H,6,10,12-14,16-17H2,1-2H3,(H,24,26). The summed E-state index contributed by atoms with van der Waals surface area (Å²) in [5.41, 5.74) is 3.03. The van der Waals surface area contributed by atoms with E-state index in [9.17, 15) is 13.2 Å². The van der Waals surface area contributed by atoms with Crippen LogP contribution >= 0.6 is 0 Å². The first-order valence-electron chi connectivity index (χ1n) is 10.2. The summed E-state index contributed by atoms with van der Waals surface area (Å²) in [6, 6.07) is 15.2. The van der Waals surface area contributed by atoms with Gasteiger partial charge in [0.2, 0.25) is 15.9 Å². The van der Waals surface area contributed by atoms with Crippen LogP contribution in [-0.4, -0.2) is 31.7 Å². The van der Waals surface area contributed by atoms with Crippen molar-refractivity contribution in [2.45, 2.75) is 51.0 Å². The van der Waals surface area contributed by atoms with Gasteiger partial charge in [0.15, 0.2) is 0 Å². The Bertz CT molecular complexity index is 956. The highest BCUT2D eigenvalue weighted by molar-refractivity contribution is 7.89. The van der Waals surface area contributed by atoms with Crippen LogP contribution in [0.3, 0.4) is 0 Å². The number of hydrogen-bond donors (Lipinski definition) is 1. The molecule has 0 saturated carbocycles. The molecule has 156 valence electrons. The quantitative estimate of drug-likeness (QED) is 0.749. The van der Waals surface area contributed by atoms with E-state index < -0.39 is 10.0 Å². The number of hydrogen-bond acceptors (Lipinski definition) is 3. The maximum Gasteiger partial charge on any atom is 0.243 e. The van der Waals surface area contributed by atoms with Crippen molar-refractivity contribution in [3.05, 3.63) is 65.2 Å². The Hall–Kier alpha value is -2.18. The minimum absolute atomic E-state index is 0.0189. The number of nitrogens with zero attached hydrogens (tertiary/aromatic N) is 1. The Morgan fingerprint density at radius 2 is 1.93 bits per heavy atom. The van der Waals surface area contributed by atoms with Gasteiger partial charge in [-0.05, 0) is 56.2 Å². The first-order valence-corrected chi connectivity index (χ1v) is 11.7. The van der Waals surface area contributed by atoms with Crippen LogP contribution in [-0.2, 0) is 21.4 Å². The van der Waals surface area contributed by atoms with Gasteiger partial charge in [-0.25, -0.2) is 8.42 Å². The highest BCUT2D eigenvalue weighted by Crippen LogP contribution is 2.27. The molecule has 1 aliphatic rings. The van der Waals surface area contributed by atoms with E-state index in [1.54, 1.807) is 16.4 Å². The molecule has 0 radical (unpaired) electrons. The summed E-state index contributed by atoms with van der Waals surface area (Å²) in [6.07, 6.45) is 2.93. The maximum absolute atomic E-state index is 13.0. The number of carbonyl (C=O) groups excluding carboxylic acids is 1. The van der Waals surface area contributed by atoms with Crippen molar-refractivity contribution < 1.29 is 13.2 Å². The molecule has 0 aromatic heterocycles. The van der Waals surface area contributed by atoms with Crippen molar-refractivity contribution in [2.24, 2.45) is 5.92 Å². The van der Waals surface area contributed by atoms with Crippen LogP contribution in [0.5, 0.6) is 0 Å². The van der Waals surface area contributed by atoms with Crippen molar-refractivity contribution in [1.29, 1.82) is 0 Å². The van der Waals surface area contributed by atoms with E-state index in [0.717, 1.165) is 24.0 Å². The van der Waals surface area contributed by atoms with E-state index in [0.29, 0.717) is 37.4 Å². The topological polar surface area (TPSA) is 66.5 Å². The van der Waals surface area contributed by atoms with Gasteiger partial charge >= 0.3 is 0 Å². The SMILES string of the molecule is Cc1cccc(CNC(=O)CCC2CCCN(S(=O)(=O)c3ccccc3C)C2)c1. The Kier molecular flexibility index (Phi) is 7.09. The molecule has 1 saturated heterocycles. The van der Waals surface area contributed by atoms with Crippen molar-refractivity contribution in [1.82, 2.24) is 9.62 Å². The lowest BCUT2D eigenvalue weighted by atomic mass is 9.94. The number of benzene rings is 2. The van der Waals surface area contributed by atoms with E-state index in [2.05, 4.69) is 11.4 Å². The summed E-state index contributed by atoms with van der Waals surface area (Å²) in [6.45, 7) is 5.42. The van der Waals surface area contributed by atoms with Crippen LogP contribution in [0, 0.1) is 19.8 Å². The third-order valence-corrected chi connectivity index (χ3v) is 7.57. The Labute approximate surface area is 174 Å². The molecule has 1 heterocycles. The normalized spacial score (nSPS) is 17.8. The van der Waals surface area contributed by atoms with Gasteiger partial charge in [0.1, 0.15) is 0 Å². The fourth-order valence-electron chi connectivity index (χ4n) is 3.91. The molecule has 6 heteroatoms. The summed E-state index contributed by atoms with van der Waals surface area (Å²) in [4.78, 5) is 12.6. The number of sulfonamides is 1. The fourth-order valence-corrected chi connectivity index (χ4v) is 5.69. The summed E-state index contributed by atoms with van der Waals surface area (Å²) in [5.74, 6) is 0.234. The largest absolute Gasteiger partial charge is 0.352 e. The molecule has 1 N–H and O–H groups in total.